The van der Waals surface area contributed by atoms with Gasteiger partial charge in [0, 0.05) is 6.42 Å². The van der Waals surface area contributed by atoms with Gasteiger partial charge in [0.15, 0.2) is 0 Å². The van der Waals surface area contributed by atoms with Crippen molar-refractivity contribution in [3.63, 3.8) is 0 Å². The fourth-order valence-electron chi connectivity index (χ4n) is 8.69. The van der Waals surface area contributed by atoms with Gasteiger partial charge in [0.1, 0.15) is 6.10 Å². The van der Waals surface area contributed by atoms with Gasteiger partial charge in [-0.1, -0.05) is 270 Å². The summed E-state index contributed by atoms with van der Waals surface area (Å²) < 4.78 is 0. The van der Waals surface area contributed by atoms with Crippen molar-refractivity contribution in [1.82, 2.24) is 5.32 Å². The quantitative estimate of drug-likeness (QED) is 0.0363. The summed E-state index contributed by atoms with van der Waals surface area (Å²) in [6, 6.07) is -0.806. The van der Waals surface area contributed by atoms with Crippen molar-refractivity contribution in [2.45, 2.75) is 321 Å². The van der Waals surface area contributed by atoms with E-state index in [1.165, 1.54) is 244 Å². The lowest BCUT2D eigenvalue weighted by Crippen LogP contribution is -2.50. The minimum Gasteiger partial charge on any atom is -0.394 e. The van der Waals surface area contributed by atoms with E-state index in [0.29, 0.717) is 12.8 Å². The highest BCUT2D eigenvalue weighted by Crippen LogP contribution is 2.18. The Kier molecular flexibility index (Phi) is 49.0. The lowest BCUT2D eigenvalue weighted by molar-refractivity contribution is -0.124. The Hall–Kier alpha value is -0.910. The predicted molar refractivity (Wildman–Crippen MR) is 259 cm³/mol. The molecule has 1 amide bonds. The van der Waals surface area contributed by atoms with Gasteiger partial charge in [-0.05, 0) is 38.5 Å². The first-order valence-electron chi connectivity index (χ1n) is 27.0. The third kappa shape index (κ3) is 44.9. The second kappa shape index (κ2) is 49.7. The molecule has 0 radical (unpaired) electrons. The molecule has 0 bridgehead atoms. The molecule has 0 aromatic heterocycles. The average molecular weight is 834 g/mol. The maximum absolute atomic E-state index is 12.5. The smallest absolute Gasteiger partial charge is 0.220 e. The summed E-state index contributed by atoms with van der Waals surface area (Å²) in [7, 11) is 0. The van der Waals surface area contributed by atoms with E-state index >= 15 is 0 Å². The number of aliphatic hydroxyl groups excluding tert-OH is 3. The van der Waals surface area contributed by atoms with Crippen molar-refractivity contribution in [3.8, 4) is 0 Å². The average Bonchev–Trinajstić information content (AvgIpc) is 3.24. The monoisotopic (exact) mass is 834 g/mol. The Bertz CT molecular complexity index is 833. The van der Waals surface area contributed by atoms with Crippen LogP contribution in [0.5, 0.6) is 0 Å². The van der Waals surface area contributed by atoms with Gasteiger partial charge in [-0.15, -0.1) is 0 Å². The van der Waals surface area contributed by atoms with Crippen LogP contribution in [0.4, 0.5) is 0 Å². The second-order valence-electron chi connectivity index (χ2n) is 18.8. The molecule has 0 aliphatic rings. The number of unbranched alkanes of at least 4 members (excludes halogenated alkanes) is 40. The van der Waals surface area contributed by atoms with E-state index in [4.69, 9.17) is 0 Å². The van der Waals surface area contributed by atoms with E-state index in [0.717, 1.165) is 32.1 Å². The maximum atomic E-state index is 12.5. The van der Waals surface area contributed by atoms with Gasteiger partial charge >= 0.3 is 0 Å². The molecule has 0 aliphatic heterocycles. The molecule has 0 fully saturated rings. The summed E-state index contributed by atoms with van der Waals surface area (Å²) >= 11 is 0. The number of hydrogen-bond donors (Lipinski definition) is 4. The van der Waals surface area contributed by atoms with Gasteiger partial charge in [0.05, 0.1) is 18.8 Å². The van der Waals surface area contributed by atoms with Crippen LogP contribution in [0.25, 0.3) is 0 Å². The fraction of sp³-hybridized carbons (Fsp3) is 0.944. The summed E-state index contributed by atoms with van der Waals surface area (Å²) in [5, 5.41) is 33.7. The van der Waals surface area contributed by atoms with Gasteiger partial charge < -0.3 is 20.6 Å². The van der Waals surface area contributed by atoms with E-state index in [2.05, 4.69) is 31.3 Å². The first kappa shape index (κ1) is 58.1. The minimum atomic E-state index is -1.13. The first-order chi connectivity index (χ1) is 29.1. The molecule has 0 heterocycles. The topological polar surface area (TPSA) is 89.8 Å². The molecule has 59 heavy (non-hydrogen) atoms. The zero-order chi connectivity index (χ0) is 43.0. The third-order valence-electron chi connectivity index (χ3n) is 12.9. The molecule has 5 heteroatoms. The number of rotatable bonds is 50. The molecule has 0 saturated carbocycles. The minimum absolute atomic E-state index is 0.140. The maximum Gasteiger partial charge on any atom is 0.220 e. The highest BCUT2D eigenvalue weighted by molar-refractivity contribution is 5.76. The van der Waals surface area contributed by atoms with E-state index < -0.39 is 18.2 Å². The van der Waals surface area contributed by atoms with Crippen LogP contribution >= 0.6 is 0 Å². The van der Waals surface area contributed by atoms with Gasteiger partial charge in [0.2, 0.25) is 5.91 Å². The Balaban J connectivity index is 3.50. The zero-order valence-electron chi connectivity index (χ0n) is 40.2. The van der Waals surface area contributed by atoms with Crippen LogP contribution in [0.15, 0.2) is 12.2 Å². The van der Waals surface area contributed by atoms with Crippen LogP contribution < -0.4 is 5.32 Å². The van der Waals surface area contributed by atoms with E-state index in [1.807, 2.05) is 0 Å². The summed E-state index contributed by atoms with van der Waals surface area (Å²) in [5.41, 5.74) is 0. The number of hydrogen-bond acceptors (Lipinski definition) is 4. The van der Waals surface area contributed by atoms with E-state index in [1.54, 1.807) is 0 Å². The number of aliphatic hydroxyl groups is 3. The number of amides is 1. The largest absolute Gasteiger partial charge is 0.394 e. The number of carbonyl (C=O) groups is 1. The zero-order valence-corrected chi connectivity index (χ0v) is 40.2. The molecule has 3 unspecified atom stereocenters. The third-order valence-corrected chi connectivity index (χ3v) is 12.9. The standard InChI is InChI=1S/C54H107NO4/c1-3-5-7-9-11-13-15-17-19-21-22-23-24-25-26-27-28-29-30-31-32-33-35-37-39-41-43-45-47-49-53(58)55-51(50-56)54(59)52(57)48-46-44-42-40-38-36-34-20-18-16-14-12-10-8-6-4-2/h25-26,51-52,54,56-57,59H,3-24,27-50H2,1-2H3,(H,55,58)/b26-25-. The Morgan fingerprint density at radius 1 is 0.407 bits per heavy atom. The molecule has 4 N–H and O–H groups in total. The van der Waals surface area contributed by atoms with Crippen LogP contribution in [0, 0.1) is 0 Å². The Labute approximate surface area is 369 Å². The van der Waals surface area contributed by atoms with Crippen molar-refractivity contribution in [3.05, 3.63) is 12.2 Å². The molecule has 0 saturated heterocycles. The van der Waals surface area contributed by atoms with E-state index in [-0.39, 0.29) is 12.5 Å². The molecular weight excluding hydrogens is 727 g/mol. The lowest BCUT2D eigenvalue weighted by Gasteiger charge is -2.26. The summed E-state index contributed by atoms with van der Waals surface area (Å²) in [6.07, 6.45) is 60.7. The first-order valence-corrected chi connectivity index (χ1v) is 27.0. The van der Waals surface area contributed by atoms with Gasteiger partial charge in [-0.2, -0.15) is 0 Å². The molecule has 0 aromatic rings. The normalized spacial score (nSPS) is 13.4. The SMILES string of the molecule is CCCCCCCCCCCCCC/C=C\CCCCCCCCCCCCCCCC(=O)NC(CO)C(O)C(O)CCCCCCCCCCCCCCCCCC. The molecule has 0 rings (SSSR count). The van der Waals surface area contributed by atoms with Crippen LogP contribution in [-0.2, 0) is 4.79 Å². The van der Waals surface area contributed by atoms with Crippen molar-refractivity contribution >= 4 is 5.91 Å². The van der Waals surface area contributed by atoms with Crippen LogP contribution in [0.2, 0.25) is 0 Å². The number of nitrogens with one attached hydrogen (secondary N) is 1. The van der Waals surface area contributed by atoms with Crippen molar-refractivity contribution in [1.29, 1.82) is 0 Å². The summed E-state index contributed by atoms with van der Waals surface area (Å²) in [5.74, 6) is -0.140. The molecule has 0 spiro atoms. The van der Waals surface area contributed by atoms with Gasteiger partial charge in [-0.25, -0.2) is 0 Å². The Morgan fingerprint density at radius 3 is 0.983 bits per heavy atom. The highest BCUT2D eigenvalue weighted by Gasteiger charge is 2.26. The lowest BCUT2D eigenvalue weighted by atomic mass is 9.99. The predicted octanol–water partition coefficient (Wildman–Crippen LogP) is 16.3. The van der Waals surface area contributed by atoms with Crippen LogP contribution in [0.3, 0.4) is 0 Å². The van der Waals surface area contributed by atoms with E-state index in [9.17, 15) is 20.1 Å². The summed E-state index contributed by atoms with van der Waals surface area (Å²) in [6.45, 7) is 4.21. The Morgan fingerprint density at radius 2 is 0.678 bits per heavy atom. The van der Waals surface area contributed by atoms with Crippen molar-refractivity contribution < 1.29 is 20.1 Å². The number of carbonyl (C=O) groups excluding carboxylic acids is 1. The van der Waals surface area contributed by atoms with Gasteiger partial charge in [0.25, 0.3) is 0 Å². The van der Waals surface area contributed by atoms with Gasteiger partial charge in [-0.3, -0.25) is 4.79 Å². The van der Waals surface area contributed by atoms with Crippen molar-refractivity contribution in [2.75, 3.05) is 6.61 Å². The highest BCUT2D eigenvalue weighted by atomic mass is 16.3. The van der Waals surface area contributed by atoms with Crippen molar-refractivity contribution in [2.24, 2.45) is 0 Å². The molecular formula is C54H107NO4. The van der Waals surface area contributed by atoms with Crippen LogP contribution in [-0.4, -0.2) is 46.1 Å². The summed E-state index contributed by atoms with van der Waals surface area (Å²) in [4.78, 5) is 12.5. The molecule has 5 nitrogen and oxygen atoms in total. The molecule has 352 valence electrons. The second-order valence-corrected chi connectivity index (χ2v) is 18.8. The molecule has 0 aromatic carbocycles. The number of allylic oxidation sites excluding steroid dienone is 2. The molecule has 3 atom stereocenters. The molecule has 0 aliphatic carbocycles. The fourth-order valence-corrected chi connectivity index (χ4v) is 8.69. The van der Waals surface area contributed by atoms with Crippen LogP contribution in [0.1, 0.15) is 303 Å².